The number of Topliss-reactive ketones (excluding diaryl/α,β-unsaturated/α-hetero) is 1. The standard InChI is InChI=1S/C16H16ClNOS/c1-10-4-3-5-12(6-10)20-9-16(19)13-8-14(17)15(18)7-11(13)2/h3-8H,9,18H2,1-2H3. The van der Waals surface area contributed by atoms with Gasteiger partial charge in [0, 0.05) is 10.5 Å². The Bertz CT molecular complexity index is 655. The molecule has 20 heavy (non-hydrogen) atoms. The van der Waals surface area contributed by atoms with E-state index in [0.29, 0.717) is 22.0 Å². The highest BCUT2D eigenvalue weighted by Crippen LogP contribution is 2.26. The number of benzene rings is 2. The Labute approximate surface area is 128 Å². The number of aryl methyl sites for hydroxylation is 2. The summed E-state index contributed by atoms with van der Waals surface area (Å²) in [7, 11) is 0. The minimum absolute atomic E-state index is 0.0657. The van der Waals surface area contributed by atoms with E-state index in [1.807, 2.05) is 32.0 Å². The third-order valence-electron chi connectivity index (χ3n) is 3.00. The molecule has 0 aliphatic heterocycles. The maximum atomic E-state index is 12.3. The zero-order valence-electron chi connectivity index (χ0n) is 11.4. The van der Waals surface area contributed by atoms with Crippen molar-refractivity contribution in [3.8, 4) is 0 Å². The highest BCUT2D eigenvalue weighted by atomic mass is 35.5. The zero-order chi connectivity index (χ0) is 14.7. The van der Waals surface area contributed by atoms with E-state index in [9.17, 15) is 4.79 Å². The predicted molar refractivity (Wildman–Crippen MR) is 86.8 cm³/mol. The van der Waals surface area contributed by atoms with Crippen LogP contribution in [0.25, 0.3) is 0 Å². The highest BCUT2D eigenvalue weighted by molar-refractivity contribution is 8.00. The Morgan fingerprint density at radius 3 is 2.70 bits per heavy atom. The van der Waals surface area contributed by atoms with E-state index in [1.165, 1.54) is 17.3 Å². The van der Waals surface area contributed by atoms with Crippen molar-refractivity contribution in [3.05, 3.63) is 58.1 Å². The van der Waals surface area contributed by atoms with Crippen LogP contribution in [0.5, 0.6) is 0 Å². The summed E-state index contributed by atoms with van der Waals surface area (Å²) in [6.45, 7) is 3.91. The van der Waals surface area contributed by atoms with Gasteiger partial charge in [0.25, 0.3) is 0 Å². The second-order valence-corrected chi connectivity index (χ2v) is 6.17. The van der Waals surface area contributed by atoms with Crippen LogP contribution < -0.4 is 5.73 Å². The van der Waals surface area contributed by atoms with Gasteiger partial charge < -0.3 is 5.73 Å². The SMILES string of the molecule is Cc1cccc(SCC(=O)c2cc(Cl)c(N)cc2C)c1. The van der Waals surface area contributed by atoms with E-state index in [2.05, 4.69) is 6.07 Å². The molecule has 0 spiro atoms. The van der Waals surface area contributed by atoms with Gasteiger partial charge in [-0.1, -0.05) is 29.3 Å². The molecule has 0 aliphatic carbocycles. The quantitative estimate of drug-likeness (QED) is 0.513. The fourth-order valence-electron chi connectivity index (χ4n) is 1.94. The summed E-state index contributed by atoms with van der Waals surface area (Å²) >= 11 is 7.52. The van der Waals surface area contributed by atoms with Crippen molar-refractivity contribution in [2.45, 2.75) is 18.7 Å². The number of hydrogen-bond acceptors (Lipinski definition) is 3. The number of thioether (sulfide) groups is 1. The van der Waals surface area contributed by atoms with Gasteiger partial charge in [0.05, 0.1) is 16.5 Å². The van der Waals surface area contributed by atoms with Crippen LogP contribution in [0.1, 0.15) is 21.5 Å². The molecule has 2 nitrogen and oxygen atoms in total. The van der Waals surface area contributed by atoms with Gasteiger partial charge in [-0.25, -0.2) is 0 Å². The van der Waals surface area contributed by atoms with Gasteiger partial charge in [0.15, 0.2) is 5.78 Å². The summed E-state index contributed by atoms with van der Waals surface area (Å²) in [5.74, 6) is 0.459. The summed E-state index contributed by atoms with van der Waals surface area (Å²) in [5, 5.41) is 0.430. The summed E-state index contributed by atoms with van der Waals surface area (Å²) in [6, 6.07) is 11.5. The van der Waals surface area contributed by atoms with Crippen LogP contribution in [0.4, 0.5) is 5.69 Å². The van der Waals surface area contributed by atoms with Crippen molar-refractivity contribution in [2.24, 2.45) is 0 Å². The molecule has 2 aromatic rings. The van der Waals surface area contributed by atoms with Crippen LogP contribution in [-0.4, -0.2) is 11.5 Å². The Morgan fingerprint density at radius 1 is 1.25 bits per heavy atom. The molecule has 0 radical (unpaired) electrons. The normalized spacial score (nSPS) is 10.6. The number of carbonyl (C=O) groups excluding carboxylic acids is 1. The Kier molecular flexibility index (Phi) is 4.73. The molecule has 0 saturated heterocycles. The molecule has 0 heterocycles. The van der Waals surface area contributed by atoms with E-state index in [0.717, 1.165) is 10.5 Å². The van der Waals surface area contributed by atoms with Crippen molar-refractivity contribution < 1.29 is 4.79 Å². The van der Waals surface area contributed by atoms with E-state index in [1.54, 1.807) is 12.1 Å². The fraction of sp³-hybridized carbons (Fsp3) is 0.188. The molecule has 0 atom stereocenters. The summed E-state index contributed by atoms with van der Waals surface area (Å²) in [6.07, 6.45) is 0. The number of halogens is 1. The highest BCUT2D eigenvalue weighted by Gasteiger charge is 2.12. The average molecular weight is 306 g/mol. The molecule has 0 bridgehead atoms. The number of rotatable bonds is 4. The molecular weight excluding hydrogens is 290 g/mol. The topological polar surface area (TPSA) is 43.1 Å². The number of ketones is 1. The van der Waals surface area contributed by atoms with Crippen LogP contribution in [0.2, 0.25) is 5.02 Å². The van der Waals surface area contributed by atoms with Crippen LogP contribution in [0, 0.1) is 13.8 Å². The number of nitrogen functional groups attached to an aromatic ring is 1. The smallest absolute Gasteiger partial charge is 0.173 e. The number of carbonyl (C=O) groups is 1. The van der Waals surface area contributed by atoms with Crippen LogP contribution in [0.15, 0.2) is 41.3 Å². The molecule has 0 saturated carbocycles. The van der Waals surface area contributed by atoms with E-state index < -0.39 is 0 Å². The molecule has 0 unspecified atom stereocenters. The van der Waals surface area contributed by atoms with Crippen molar-refractivity contribution >= 4 is 34.8 Å². The monoisotopic (exact) mass is 305 g/mol. The molecular formula is C16H16ClNOS. The molecule has 0 aromatic heterocycles. The lowest BCUT2D eigenvalue weighted by molar-refractivity contribution is 0.102. The number of nitrogens with two attached hydrogens (primary N) is 1. The minimum atomic E-state index is 0.0657. The van der Waals surface area contributed by atoms with Crippen molar-refractivity contribution in [1.29, 1.82) is 0 Å². The van der Waals surface area contributed by atoms with E-state index in [4.69, 9.17) is 17.3 Å². The molecule has 104 valence electrons. The van der Waals surface area contributed by atoms with Gasteiger partial charge in [0.2, 0.25) is 0 Å². The number of hydrogen-bond donors (Lipinski definition) is 1. The maximum absolute atomic E-state index is 12.3. The molecule has 0 aliphatic rings. The molecule has 0 amide bonds. The second kappa shape index (κ2) is 6.33. The van der Waals surface area contributed by atoms with Crippen molar-refractivity contribution in [2.75, 3.05) is 11.5 Å². The lowest BCUT2D eigenvalue weighted by Crippen LogP contribution is -2.05. The second-order valence-electron chi connectivity index (χ2n) is 4.72. The van der Waals surface area contributed by atoms with E-state index in [-0.39, 0.29) is 5.78 Å². The Hall–Kier alpha value is -1.45. The molecule has 2 aromatic carbocycles. The maximum Gasteiger partial charge on any atom is 0.173 e. The fourth-order valence-corrected chi connectivity index (χ4v) is 3.00. The van der Waals surface area contributed by atoms with Gasteiger partial charge in [-0.05, 0) is 43.7 Å². The molecule has 0 fully saturated rings. The van der Waals surface area contributed by atoms with Crippen LogP contribution >= 0.6 is 23.4 Å². The first-order valence-corrected chi connectivity index (χ1v) is 7.62. The summed E-state index contributed by atoms with van der Waals surface area (Å²) in [4.78, 5) is 13.4. The lowest BCUT2D eigenvalue weighted by atomic mass is 10.0. The van der Waals surface area contributed by atoms with Gasteiger partial charge in [-0.15, -0.1) is 11.8 Å². The largest absolute Gasteiger partial charge is 0.398 e. The Balaban J connectivity index is 2.11. The van der Waals surface area contributed by atoms with E-state index >= 15 is 0 Å². The third-order valence-corrected chi connectivity index (χ3v) is 4.32. The molecule has 2 N–H and O–H groups in total. The van der Waals surface area contributed by atoms with Crippen molar-refractivity contribution in [1.82, 2.24) is 0 Å². The summed E-state index contributed by atoms with van der Waals surface area (Å²) < 4.78 is 0. The zero-order valence-corrected chi connectivity index (χ0v) is 13.0. The van der Waals surface area contributed by atoms with Gasteiger partial charge in [0.1, 0.15) is 0 Å². The summed E-state index contributed by atoms with van der Waals surface area (Å²) in [5.41, 5.74) is 8.92. The molecule has 2 rings (SSSR count). The predicted octanol–water partition coefficient (Wildman–Crippen LogP) is 4.51. The average Bonchev–Trinajstić information content (AvgIpc) is 2.40. The van der Waals surface area contributed by atoms with Crippen molar-refractivity contribution in [3.63, 3.8) is 0 Å². The van der Waals surface area contributed by atoms with Gasteiger partial charge in [-0.2, -0.15) is 0 Å². The van der Waals surface area contributed by atoms with Gasteiger partial charge >= 0.3 is 0 Å². The Morgan fingerprint density at radius 2 is 2.00 bits per heavy atom. The number of anilines is 1. The minimum Gasteiger partial charge on any atom is -0.398 e. The first-order chi connectivity index (χ1) is 9.47. The third kappa shape index (κ3) is 3.56. The first kappa shape index (κ1) is 14.9. The van der Waals surface area contributed by atoms with Crippen LogP contribution in [0.3, 0.4) is 0 Å². The van der Waals surface area contributed by atoms with Gasteiger partial charge in [-0.3, -0.25) is 4.79 Å². The van der Waals surface area contributed by atoms with Crippen LogP contribution in [-0.2, 0) is 0 Å². The lowest BCUT2D eigenvalue weighted by Gasteiger charge is -2.08. The molecule has 4 heteroatoms. The first-order valence-electron chi connectivity index (χ1n) is 6.25.